The minimum Gasteiger partial charge on any atom is -0.507 e. The Hall–Kier alpha value is -1.58. The fraction of sp³-hybridized carbons (Fsp3) is 0.417. The van der Waals surface area contributed by atoms with E-state index in [0.29, 0.717) is 0 Å². The largest absolute Gasteiger partial charge is 0.507 e. The second kappa shape index (κ2) is 4.12. The van der Waals surface area contributed by atoms with Gasteiger partial charge in [-0.1, -0.05) is 0 Å². The van der Waals surface area contributed by atoms with Gasteiger partial charge in [0.1, 0.15) is 11.6 Å². The molecule has 0 aliphatic heterocycles. The molecule has 1 aromatic rings. The summed E-state index contributed by atoms with van der Waals surface area (Å²) in [6.45, 7) is 0. The van der Waals surface area contributed by atoms with Gasteiger partial charge in [0, 0.05) is 19.2 Å². The molecule has 0 bridgehead atoms. The first-order valence-electron chi connectivity index (χ1n) is 5.35. The van der Waals surface area contributed by atoms with Gasteiger partial charge in [0.15, 0.2) is 0 Å². The molecule has 1 N–H and O–H groups in total. The monoisotopic (exact) mass is 223 g/mol. The van der Waals surface area contributed by atoms with Gasteiger partial charge in [-0.15, -0.1) is 0 Å². The summed E-state index contributed by atoms with van der Waals surface area (Å²) in [5.74, 6) is -1.08. The first kappa shape index (κ1) is 10.9. The summed E-state index contributed by atoms with van der Waals surface area (Å²) in [5, 5.41) is 9.50. The Morgan fingerprint density at radius 2 is 2.19 bits per heavy atom. The van der Waals surface area contributed by atoms with E-state index in [0.717, 1.165) is 25.3 Å². The maximum absolute atomic E-state index is 12.8. The Bertz CT molecular complexity index is 415. The third-order valence-electron chi connectivity index (χ3n) is 3.13. The molecule has 1 saturated carbocycles. The highest BCUT2D eigenvalue weighted by Gasteiger charge is 2.27. The molecule has 0 aromatic heterocycles. The SMILES string of the molecule is CN(C(=O)c1ccc(F)cc1O)C1CCC1. The van der Waals surface area contributed by atoms with Crippen LogP contribution in [-0.2, 0) is 0 Å². The van der Waals surface area contributed by atoms with Crippen LogP contribution in [0.2, 0.25) is 0 Å². The molecule has 1 amide bonds. The lowest BCUT2D eigenvalue weighted by molar-refractivity contribution is 0.0649. The summed E-state index contributed by atoms with van der Waals surface area (Å²) in [5.41, 5.74) is 0.163. The van der Waals surface area contributed by atoms with Gasteiger partial charge in [0.2, 0.25) is 0 Å². The van der Waals surface area contributed by atoms with E-state index < -0.39 is 5.82 Å². The van der Waals surface area contributed by atoms with Crippen LogP contribution in [0.15, 0.2) is 18.2 Å². The molecule has 4 heteroatoms. The van der Waals surface area contributed by atoms with E-state index in [2.05, 4.69) is 0 Å². The van der Waals surface area contributed by atoms with Gasteiger partial charge in [0.25, 0.3) is 5.91 Å². The molecule has 2 rings (SSSR count). The minimum absolute atomic E-state index is 0.163. The zero-order valence-electron chi connectivity index (χ0n) is 9.11. The van der Waals surface area contributed by atoms with Gasteiger partial charge in [-0.25, -0.2) is 4.39 Å². The van der Waals surface area contributed by atoms with Crippen LogP contribution in [0.3, 0.4) is 0 Å². The normalized spacial score (nSPS) is 15.6. The number of nitrogens with zero attached hydrogens (tertiary/aromatic N) is 1. The predicted molar refractivity (Wildman–Crippen MR) is 57.8 cm³/mol. The van der Waals surface area contributed by atoms with Gasteiger partial charge in [-0.3, -0.25) is 4.79 Å². The smallest absolute Gasteiger partial charge is 0.257 e. The zero-order chi connectivity index (χ0) is 11.7. The predicted octanol–water partition coefficient (Wildman–Crippen LogP) is 2.16. The second-order valence-corrected chi connectivity index (χ2v) is 4.16. The number of phenolic OH excluding ortho intramolecular Hbond substituents is 1. The van der Waals surface area contributed by atoms with Crippen molar-refractivity contribution < 1.29 is 14.3 Å². The average molecular weight is 223 g/mol. The molecule has 0 unspecified atom stereocenters. The number of hydrogen-bond acceptors (Lipinski definition) is 2. The van der Waals surface area contributed by atoms with Crippen LogP contribution >= 0.6 is 0 Å². The van der Waals surface area contributed by atoms with Crippen LogP contribution in [0.1, 0.15) is 29.6 Å². The number of hydrogen-bond donors (Lipinski definition) is 1. The van der Waals surface area contributed by atoms with Gasteiger partial charge in [0.05, 0.1) is 5.56 Å². The number of aromatic hydroxyl groups is 1. The second-order valence-electron chi connectivity index (χ2n) is 4.16. The van der Waals surface area contributed by atoms with Crippen molar-refractivity contribution in [2.75, 3.05) is 7.05 Å². The van der Waals surface area contributed by atoms with Crippen molar-refractivity contribution in [3.63, 3.8) is 0 Å². The molecule has 86 valence electrons. The van der Waals surface area contributed by atoms with E-state index >= 15 is 0 Å². The maximum Gasteiger partial charge on any atom is 0.257 e. The van der Waals surface area contributed by atoms with Crippen molar-refractivity contribution in [1.29, 1.82) is 0 Å². The molecule has 0 atom stereocenters. The first-order chi connectivity index (χ1) is 7.59. The lowest BCUT2D eigenvalue weighted by Crippen LogP contribution is -2.41. The molecular formula is C12H14FNO2. The van der Waals surface area contributed by atoms with Crippen molar-refractivity contribution in [2.24, 2.45) is 0 Å². The topological polar surface area (TPSA) is 40.5 Å². The molecule has 1 fully saturated rings. The molecule has 1 aliphatic carbocycles. The van der Waals surface area contributed by atoms with Gasteiger partial charge in [-0.2, -0.15) is 0 Å². The molecule has 0 heterocycles. The zero-order valence-corrected chi connectivity index (χ0v) is 9.11. The van der Waals surface area contributed by atoms with E-state index in [4.69, 9.17) is 0 Å². The van der Waals surface area contributed by atoms with Crippen LogP contribution in [-0.4, -0.2) is 29.0 Å². The highest BCUT2D eigenvalue weighted by Crippen LogP contribution is 2.27. The highest BCUT2D eigenvalue weighted by molar-refractivity contribution is 5.96. The number of carbonyl (C=O) groups excluding carboxylic acids is 1. The summed E-state index contributed by atoms with van der Waals surface area (Å²) in [4.78, 5) is 13.6. The molecule has 1 aliphatic rings. The number of carbonyl (C=O) groups is 1. The molecule has 3 nitrogen and oxygen atoms in total. The Balaban J connectivity index is 2.19. The van der Waals surface area contributed by atoms with E-state index in [9.17, 15) is 14.3 Å². The number of rotatable bonds is 2. The van der Waals surface area contributed by atoms with Crippen LogP contribution in [0.25, 0.3) is 0 Å². The van der Waals surface area contributed by atoms with Crippen LogP contribution in [0, 0.1) is 5.82 Å². The Labute approximate surface area is 93.5 Å². The van der Waals surface area contributed by atoms with Crippen molar-refractivity contribution in [3.05, 3.63) is 29.6 Å². The number of phenols is 1. The molecule has 1 aromatic carbocycles. The minimum atomic E-state index is -0.541. The average Bonchev–Trinajstić information content (AvgIpc) is 2.14. The van der Waals surface area contributed by atoms with Gasteiger partial charge in [-0.05, 0) is 31.4 Å². The Morgan fingerprint density at radius 3 is 2.69 bits per heavy atom. The van der Waals surface area contributed by atoms with E-state index in [1.54, 1.807) is 11.9 Å². The van der Waals surface area contributed by atoms with Crippen molar-refractivity contribution in [1.82, 2.24) is 4.90 Å². The third kappa shape index (κ3) is 1.87. The van der Waals surface area contributed by atoms with E-state index in [1.807, 2.05) is 0 Å². The number of benzene rings is 1. The van der Waals surface area contributed by atoms with Gasteiger partial charge >= 0.3 is 0 Å². The molecule has 0 saturated heterocycles. The molecule has 16 heavy (non-hydrogen) atoms. The standard InChI is InChI=1S/C12H14FNO2/c1-14(9-3-2-4-9)12(16)10-6-5-8(13)7-11(10)15/h5-7,9,15H,2-4H2,1H3. The highest BCUT2D eigenvalue weighted by atomic mass is 19.1. The van der Waals surface area contributed by atoms with Crippen LogP contribution in [0.5, 0.6) is 5.75 Å². The van der Waals surface area contributed by atoms with Gasteiger partial charge < -0.3 is 10.0 Å². The van der Waals surface area contributed by atoms with Crippen LogP contribution < -0.4 is 0 Å². The molecule has 0 radical (unpaired) electrons. The fourth-order valence-electron chi connectivity index (χ4n) is 1.82. The fourth-order valence-corrected chi connectivity index (χ4v) is 1.82. The van der Waals surface area contributed by atoms with Crippen molar-refractivity contribution >= 4 is 5.91 Å². The lowest BCUT2D eigenvalue weighted by Gasteiger charge is -2.34. The van der Waals surface area contributed by atoms with Crippen molar-refractivity contribution in [3.8, 4) is 5.75 Å². The number of amides is 1. The first-order valence-corrected chi connectivity index (χ1v) is 5.35. The van der Waals surface area contributed by atoms with Crippen molar-refractivity contribution in [2.45, 2.75) is 25.3 Å². The Kier molecular flexibility index (Phi) is 2.81. The summed E-state index contributed by atoms with van der Waals surface area (Å²) < 4.78 is 12.8. The summed E-state index contributed by atoms with van der Waals surface area (Å²) in [7, 11) is 1.72. The summed E-state index contributed by atoms with van der Waals surface area (Å²) in [6.07, 6.45) is 3.14. The summed E-state index contributed by atoms with van der Waals surface area (Å²) >= 11 is 0. The molecule has 0 spiro atoms. The van der Waals surface area contributed by atoms with Crippen LogP contribution in [0.4, 0.5) is 4.39 Å². The lowest BCUT2D eigenvalue weighted by atomic mass is 9.91. The van der Waals surface area contributed by atoms with E-state index in [1.165, 1.54) is 12.1 Å². The quantitative estimate of drug-likeness (QED) is 0.834. The third-order valence-corrected chi connectivity index (χ3v) is 3.13. The maximum atomic E-state index is 12.8. The Morgan fingerprint density at radius 1 is 1.50 bits per heavy atom. The summed E-state index contributed by atoms with van der Waals surface area (Å²) in [6, 6.07) is 3.72. The molecular weight excluding hydrogens is 209 g/mol. The van der Waals surface area contributed by atoms with E-state index in [-0.39, 0.29) is 23.3 Å². The number of halogens is 1.